The SMILES string of the molecule is O=C(O)C(O)(O)P(=O)(O)O. The first-order chi connectivity index (χ1) is 4.19. The summed E-state index contributed by atoms with van der Waals surface area (Å²) in [6, 6.07) is 0. The average molecular weight is 172 g/mol. The van der Waals surface area contributed by atoms with Gasteiger partial charge in [0, 0.05) is 0 Å². The third-order valence-corrected chi connectivity index (χ3v) is 1.70. The molecule has 0 bridgehead atoms. The summed E-state index contributed by atoms with van der Waals surface area (Å²) in [6.45, 7) is 0. The van der Waals surface area contributed by atoms with E-state index in [1.54, 1.807) is 0 Å². The molecule has 0 heterocycles. The second-order valence-corrected chi connectivity index (χ2v) is 3.20. The summed E-state index contributed by atoms with van der Waals surface area (Å²) in [5, 5.41) is 24.0. The van der Waals surface area contributed by atoms with Gasteiger partial charge in [0.05, 0.1) is 0 Å². The summed E-state index contributed by atoms with van der Waals surface area (Å²) in [4.78, 5) is 25.6. The second-order valence-electron chi connectivity index (χ2n) is 1.48. The van der Waals surface area contributed by atoms with E-state index < -0.39 is 19.1 Å². The van der Waals surface area contributed by atoms with Gasteiger partial charge >= 0.3 is 19.1 Å². The molecule has 7 nitrogen and oxygen atoms in total. The maximum Gasteiger partial charge on any atom is 0.396 e. The van der Waals surface area contributed by atoms with E-state index in [9.17, 15) is 9.36 Å². The lowest BCUT2D eigenvalue weighted by atomic mass is 10.7. The zero-order valence-electron chi connectivity index (χ0n) is 4.50. The Bertz CT molecular complexity index is 188. The van der Waals surface area contributed by atoms with Gasteiger partial charge in [0.2, 0.25) is 0 Å². The number of carbonyl (C=O) groups is 1. The highest BCUT2D eigenvalue weighted by atomic mass is 31.2. The summed E-state index contributed by atoms with van der Waals surface area (Å²) < 4.78 is 9.91. The molecule has 0 saturated carbocycles. The molecule has 60 valence electrons. The van der Waals surface area contributed by atoms with Crippen molar-refractivity contribution < 1.29 is 34.5 Å². The van der Waals surface area contributed by atoms with Crippen LogP contribution in [0.3, 0.4) is 0 Å². The molecule has 0 aromatic carbocycles. The van der Waals surface area contributed by atoms with Gasteiger partial charge in [-0.05, 0) is 0 Å². The molecule has 10 heavy (non-hydrogen) atoms. The first-order valence-electron chi connectivity index (χ1n) is 1.93. The minimum atomic E-state index is -5.41. The number of hydrogen-bond donors (Lipinski definition) is 5. The van der Waals surface area contributed by atoms with E-state index in [0.29, 0.717) is 0 Å². The molecule has 8 heteroatoms. The van der Waals surface area contributed by atoms with Crippen molar-refractivity contribution in [2.45, 2.75) is 5.53 Å². The highest BCUT2D eigenvalue weighted by molar-refractivity contribution is 7.54. The number of carboxylic acids is 1. The monoisotopic (exact) mass is 172 g/mol. The lowest BCUT2D eigenvalue weighted by molar-refractivity contribution is -0.181. The van der Waals surface area contributed by atoms with Crippen molar-refractivity contribution in [3.05, 3.63) is 0 Å². The maximum atomic E-state index is 9.91. The Morgan fingerprint density at radius 2 is 1.60 bits per heavy atom. The van der Waals surface area contributed by atoms with Gasteiger partial charge in [0.15, 0.2) is 0 Å². The smallest absolute Gasteiger partial charge is 0.396 e. The van der Waals surface area contributed by atoms with E-state index in [-0.39, 0.29) is 0 Å². The Hall–Kier alpha value is -0.460. The zero-order valence-corrected chi connectivity index (χ0v) is 5.39. The predicted octanol–water partition coefficient (Wildman–Crippen LogP) is -2.11. The fourth-order valence-electron chi connectivity index (χ4n) is 0.125. The Morgan fingerprint density at radius 3 is 1.60 bits per heavy atom. The average Bonchev–Trinajstić information content (AvgIpc) is 1.62. The van der Waals surface area contributed by atoms with Crippen LogP contribution in [0.4, 0.5) is 0 Å². The highest BCUT2D eigenvalue weighted by Crippen LogP contribution is 2.46. The molecule has 0 aliphatic carbocycles. The van der Waals surface area contributed by atoms with Crippen LogP contribution in [0.1, 0.15) is 0 Å². The third kappa shape index (κ3) is 1.53. The highest BCUT2D eigenvalue weighted by Gasteiger charge is 2.51. The Kier molecular flexibility index (Phi) is 2.19. The van der Waals surface area contributed by atoms with Crippen molar-refractivity contribution in [2.24, 2.45) is 0 Å². The Balaban J connectivity index is 4.75. The minimum Gasteiger partial charge on any atom is -0.477 e. The standard InChI is InChI=1S/C2H5O7P/c3-1(4)2(5,6)10(7,8)9/h5-6H,(H,3,4)(H2,7,8,9). The quantitative estimate of drug-likeness (QED) is 0.237. The number of carboxylic acid groups (broad SMARTS) is 1. The van der Waals surface area contributed by atoms with Crippen molar-refractivity contribution in [2.75, 3.05) is 0 Å². The molecule has 0 spiro atoms. The second kappa shape index (κ2) is 2.30. The van der Waals surface area contributed by atoms with Crippen molar-refractivity contribution in [3.63, 3.8) is 0 Å². The number of hydrogen-bond acceptors (Lipinski definition) is 4. The summed E-state index contributed by atoms with van der Waals surface area (Å²) in [6.07, 6.45) is 0. The third-order valence-electron chi connectivity index (χ3n) is 0.693. The van der Waals surface area contributed by atoms with Crippen LogP contribution in [0.25, 0.3) is 0 Å². The van der Waals surface area contributed by atoms with Gasteiger partial charge in [-0.2, -0.15) is 0 Å². The molecule has 0 aliphatic rings. The van der Waals surface area contributed by atoms with Gasteiger partial charge in [0.1, 0.15) is 0 Å². The lowest BCUT2D eigenvalue weighted by Crippen LogP contribution is -2.37. The fraction of sp³-hybridized carbons (Fsp3) is 0.500. The van der Waals surface area contributed by atoms with Crippen LogP contribution in [0.2, 0.25) is 0 Å². The molecule has 5 N–H and O–H groups in total. The van der Waals surface area contributed by atoms with Crippen molar-refractivity contribution in [1.29, 1.82) is 0 Å². The first kappa shape index (κ1) is 9.54. The molecular weight excluding hydrogens is 167 g/mol. The molecule has 0 unspecified atom stereocenters. The normalized spacial score (nSPS) is 13.2. The molecule has 0 fully saturated rings. The van der Waals surface area contributed by atoms with E-state index >= 15 is 0 Å². The summed E-state index contributed by atoms with van der Waals surface area (Å²) in [5.74, 6) is -2.39. The van der Waals surface area contributed by atoms with Gasteiger partial charge in [-0.1, -0.05) is 0 Å². The van der Waals surface area contributed by atoms with Crippen LogP contribution in [0.5, 0.6) is 0 Å². The van der Waals surface area contributed by atoms with Gasteiger partial charge in [-0.25, -0.2) is 4.79 Å². The van der Waals surface area contributed by atoms with E-state index in [1.165, 1.54) is 0 Å². The Labute approximate surface area is 54.7 Å². The molecule has 0 aromatic heterocycles. The van der Waals surface area contributed by atoms with Crippen LogP contribution in [0.15, 0.2) is 0 Å². The van der Waals surface area contributed by atoms with Gasteiger partial charge in [0.25, 0.3) is 0 Å². The van der Waals surface area contributed by atoms with Crippen molar-refractivity contribution in [3.8, 4) is 0 Å². The number of aliphatic carboxylic acids is 1. The van der Waals surface area contributed by atoms with Gasteiger partial charge < -0.3 is 25.1 Å². The van der Waals surface area contributed by atoms with Gasteiger partial charge in [-0.15, -0.1) is 0 Å². The van der Waals surface area contributed by atoms with Gasteiger partial charge in [-0.3, -0.25) is 4.57 Å². The molecule has 0 radical (unpaired) electrons. The number of rotatable bonds is 2. The van der Waals surface area contributed by atoms with Crippen LogP contribution in [-0.2, 0) is 9.36 Å². The van der Waals surface area contributed by atoms with E-state index in [4.69, 9.17) is 25.1 Å². The molecule has 0 aromatic rings. The molecule has 0 aliphatic heterocycles. The molecule has 0 saturated heterocycles. The van der Waals surface area contributed by atoms with E-state index in [2.05, 4.69) is 0 Å². The predicted molar refractivity (Wildman–Crippen MR) is 26.8 cm³/mol. The summed E-state index contributed by atoms with van der Waals surface area (Å²) >= 11 is 0. The van der Waals surface area contributed by atoms with Crippen molar-refractivity contribution >= 4 is 13.6 Å². The molecule has 0 rings (SSSR count). The lowest BCUT2D eigenvalue weighted by Gasteiger charge is -2.16. The molecular formula is C2H5O7P. The topological polar surface area (TPSA) is 135 Å². The number of aliphatic hydroxyl groups is 2. The van der Waals surface area contributed by atoms with Crippen LogP contribution < -0.4 is 0 Å². The fourth-order valence-corrected chi connectivity index (χ4v) is 0.374. The van der Waals surface area contributed by atoms with Crippen LogP contribution in [0, 0.1) is 0 Å². The van der Waals surface area contributed by atoms with Crippen molar-refractivity contribution in [1.82, 2.24) is 0 Å². The Morgan fingerprint density at radius 1 is 1.30 bits per heavy atom. The molecule has 0 amide bonds. The minimum absolute atomic E-state index is 2.39. The first-order valence-corrected chi connectivity index (χ1v) is 3.54. The largest absolute Gasteiger partial charge is 0.477 e. The van der Waals surface area contributed by atoms with E-state index in [1.807, 2.05) is 0 Å². The summed E-state index contributed by atoms with van der Waals surface area (Å²) in [5.41, 5.74) is -3.98. The zero-order chi connectivity index (χ0) is 8.58. The van der Waals surface area contributed by atoms with Crippen LogP contribution >= 0.6 is 7.60 Å². The van der Waals surface area contributed by atoms with Crippen LogP contribution in [-0.4, -0.2) is 36.6 Å². The maximum absolute atomic E-state index is 9.91. The van der Waals surface area contributed by atoms with E-state index in [0.717, 1.165) is 0 Å². The molecule has 0 atom stereocenters. The summed E-state index contributed by atoms with van der Waals surface area (Å²) in [7, 11) is -5.41.